The Kier molecular flexibility index (Phi) is 5.58. The number of carboxylic acid groups (broad SMARTS) is 1. The number of aromatic carboxylic acids is 1. The van der Waals surface area contributed by atoms with E-state index in [0.29, 0.717) is 16.9 Å². The lowest BCUT2D eigenvalue weighted by Gasteiger charge is -2.15. The Morgan fingerprint density at radius 2 is 1.52 bits per heavy atom. The van der Waals surface area contributed by atoms with Crippen LogP contribution in [0.15, 0.2) is 72.9 Å². The predicted octanol–water partition coefficient (Wildman–Crippen LogP) is 3.16. The summed E-state index contributed by atoms with van der Waals surface area (Å²) in [6.45, 7) is 0.155. The molecule has 0 aliphatic heterocycles. The van der Waals surface area contributed by atoms with Crippen molar-refractivity contribution in [3.8, 4) is 0 Å². The highest BCUT2D eigenvalue weighted by molar-refractivity contribution is 6.16. The molecule has 0 amide bonds. The van der Waals surface area contributed by atoms with E-state index in [2.05, 4.69) is 10.3 Å². The van der Waals surface area contributed by atoms with Crippen LogP contribution < -0.4 is 5.32 Å². The van der Waals surface area contributed by atoms with Gasteiger partial charge in [-0.2, -0.15) is 0 Å². The zero-order valence-electron chi connectivity index (χ0n) is 14.4. The lowest BCUT2D eigenvalue weighted by molar-refractivity contribution is 0.0693. The van der Waals surface area contributed by atoms with Crippen LogP contribution in [-0.4, -0.2) is 33.5 Å². The van der Waals surface area contributed by atoms with Crippen molar-refractivity contribution in [2.24, 2.45) is 0 Å². The molecule has 3 aromatic rings. The molecule has 0 aliphatic carbocycles. The third kappa shape index (κ3) is 4.19. The number of carbonyl (C=O) groups is 2. The van der Waals surface area contributed by atoms with Crippen LogP contribution in [0.25, 0.3) is 0 Å². The molecule has 0 saturated carbocycles. The molecule has 0 aliphatic rings. The summed E-state index contributed by atoms with van der Waals surface area (Å²) in [5, 5.41) is 22.6. The van der Waals surface area contributed by atoms with Gasteiger partial charge in [-0.3, -0.25) is 9.78 Å². The van der Waals surface area contributed by atoms with E-state index < -0.39 is 17.9 Å². The summed E-state index contributed by atoms with van der Waals surface area (Å²) in [6, 6.07) is 18.1. The van der Waals surface area contributed by atoms with E-state index in [4.69, 9.17) is 0 Å². The van der Waals surface area contributed by atoms with Crippen LogP contribution in [-0.2, 0) is 0 Å². The van der Waals surface area contributed by atoms with Gasteiger partial charge >= 0.3 is 5.97 Å². The maximum absolute atomic E-state index is 12.9. The average molecular weight is 362 g/mol. The van der Waals surface area contributed by atoms with Gasteiger partial charge in [-0.05, 0) is 30.3 Å². The second-order valence-electron chi connectivity index (χ2n) is 5.88. The van der Waals surface area contributed by atoms with Crippen molar-refractivity contribution in [1.29, 1.82) is 0 Å². The van der Waals surface area contributed by atoms with Gasteiger partial charge in [0, 0.05) is 29.6 Å². The normalized spacial score (nSPS) is 11.6. The number of ketones is 1. The highest BCUT2D eigenvalue weighted by atomic mass is 16.4. The zero-order valence-corrected chi connectivity index (χ0v) is 14.4. The first kappa shape index (κ1) is 18.3. The molecule has 2 aromatic carbocycles. The van der Waals surface area contributed by atoms with Gasteiger partial charge < -0.3 is 15.5 Å². The Morgan fingerprint density at radius 3 is 2.19 bits per heavy atom. The number of aromatic nitrogens is 1. The average Bonchev–Trinajstić information content (AvgIpc) is 2.72. The Hall–Kier alpha value is -3.51. The molecule has 6 heteroatoms. The van der Waals surface area contributed by atoms with Crippen molar-refractivity contribution in [1.82, 2.24) is 4.98 Å². The van der Waals surface area contributed by atoms with E-state index in [1.165, 1.54) is 12.1 Å². The number of benzene rings is 2. The van der Waals surface area contributed by atoms with Gasteiger partial charge in [0.05, 0.1) is 11.3 Å². The van der Waals surface area contributed by atoms with Crippen molar-refractivity contribution in [3.05, 3.63) is 95.3 Å². The molecule has 1 atom stereocenters. The maximum Gasteiger partial charge on any atom is 0.336 e. The molecule has 136 valence electrons. The summed E-state index contributed by atoms with van der Waals surface area (Å²) in [5.74, 6) is -1.56. The van der Waals surface area contributed by atoms with Crippen LogP contribution in [0.2, 0.25) is 0 Å². The first-order chi connectivity index (χ1) is 13.1. The fourth-order valence-corrected chi connectivity index (χ4v) is 2.73. The van der Waals surface area contributed by atoms with E-state index in [9.17, 15) is 19.8 Å². The smallest absolute Gasteiger partial charge is 0.336 e. The number of carbonyl (C=O) groups excluding carboxylic acids is 1. The zero-order chi connectivity index (χ0) is 19.2. The minimum Gasteiger partial charge on any atom is -0.478 e. The number of aliphatic hydroxyl groups is 1. The van der Waals surface area contributed by atoms with E-state index in [-0.39, 0.29) is 17.7 Å². The number of nitrogens with one attached hydrogen (secondary N) is 1. The number of anilines is 1. The lowest BCUT2D eigenvalue weighted by Crippen LogP contribution is -2.16. The van der Waals surface area contributed by atoms with Crippen LogP contribution in [0.4, 0.5) is 5.69 Å². The summed E-state index contributed by atoms with van der Waals surface area (Å²) >= 11 is 0. The third-order valence-corrected chi connectivity index (χ3v) is 4.09. The van der Waals surface area contributed by atoms with Gasteiger partial charge in [0.25, 0.3) is 0 Å². The summed E-state index contributed by atoms with van der Waals surface area (Å²) in [5.41, 5.74) is 1.43. The van der Waals surface area contributed by atoms with Crippen molar-refractivity contribution >= 4 is 17.4 Å². The molecule has 3 rings (SSSR count). The Balaban J connectivity index is 1.84. The molecule has 27 heavy (non-hydrogen) atoms. The molecule has 3 N–H and O–H groups in total. The molecular weight excluding hydrogens is 344 g/mol. The summed E-state index contributed by atoms with van der Waals surface area (Å²) < 4.78 is 0. The molecule has 1 unspecified atom stereocenters. The van der Waals surface area contributed by atoms with Gasteiger partial charge in [-0.25, -0.2) is 4.79 Å². The SMILES string of the molecule is O=C(O)c1ccccc1C(=O)c1ccccc1NCC(O)c1ccccn1. The minimum absolute atomic E-state index is 0.0502. The van der Waals surface area contributed by atoms with E-state index in [1.807, 2.05) is 0 Å². The van der Waals surface area contributed by atoms with E-state index in [1.54, 1.807) is 60.8 Å². The number of aliphatic hydroxyl groups excluding tert-OH is 1. The second kappa shape index (κ2) is 8.25. The van der Waals surface area contributed by atoms with Crippen molar-refractivity contribution in [2.45, 2.75) is 6.10 Å². The number of carboxylic acids is 1. The van der Waals surface area contributed by atoms with Gasteiger partial charge in [0.2, 0.25) is 0 Å². The Bertz CT molecular complexity index is 957. The standard InChI is InChI=1S/C21H18N2O4/c24-19(18-11-5-6-12-22-18)13-23-17-10-4-3-9-16(17)20(25)14-7-1-2-8-15(14)21(26)27/h1-12,19,23-24H,13H2,(H,26,27). The highest BCUT2D eigenvalue weighted by Crippen LogP contribution is 2.22. The van der Waals surface area contributed by atoms with Crippen LogP contribution >= 0.6 is 0 Å². The fourth-order valence-electron chi connectivity index (χ4n) is 2.73. The fraction of sp³-hybridized carbons (Fsp3) is 0.0952. The van der Waals surface area contributed by atoms with Gasteiger partial charge in [0.1, 0.15) is 6.10 Å². The first-order valence-electron chi connectivity index (χ1n) is 8.37. The molecule has 0 radical (unpaired) electrons. The number of hydrogen-bond donors (Lipinski definition) is 3. The van der Waals surface area contributed by atoms with E-state index in [0.717, 1.165) is 0 Å². The van der Waals surface area contributed by atoms with Crippen molar-refractivity contribution in [2.75, 3.05) is 11.9 Å². The summed E-state index contributed by atoms with van der Waals surface area (Å²) in [7, 11) is 0. The summed E-state index contributed by atoms with van der Waals surface area (Å²) in [6.07, 6.45) is 0.749. The van der Waals surface area contributed by atoms with Crippen LogP contribution in [0.3, 0.4) is 0 Å². The predicted molar refractivity (Wildman–Crippen MR) is 101 cm³/mol. The van der Waals surface area contributed by atoms with Gasteiger partial charge in [0.15, 0.2) is 5.78 Å². The lowest BCUT2D eigenvalue weighted by atomic mass is 9.97. The molecule has 0 saturated heterocycles. The van der Waals surface area contributed by atoms with Crippen LogP contribution in [0, 0.1) is 0 Å². The molecule has 0 bridgehead atoms. The van der Waals surface area contributed by atoms with Gasteiger partial charge in [-0.1, -0.05) is 36.4 Å². The van der Waals surface area contributed by atoms with Crippen LogP contribution in [0.5, 0.6) is 0 Å². The quantitative estimate of drug-likeness (QED) is 0.558. The van der Waals surface area contributed by atoms with Crippen molar-refractivity contribution < 1.29 is 19.8 Å². The number of pyridine rings is 1. The molecule has 1 aromatic heterocycles. The first-order valence-corrected chi connectivity index (χ1v) is 8.37. The van der Waals surface area contributed by atoms with Gasteiger partial charge in [-0.15, -0.1) is 0 Å². The number of hydrogen-bond acceptors (Lipinski definition) is 5. The number of para-hydroxylation sites is 1. The maximum atomic E-state index is 12.9. The molecule has 6 nitrogen and oxygen atoms in total. The third-order valence-electron chi connectivity index (χ3n) is 4.09. The molecule has 0 spiro atoms. The molecule has 1 heterocycles. The molecule has 0 fully saturated rings. The highest BCUT2D eigenvalue weighted by Gasteiger charge is 2.20. The van der Waals surface area contributed by atoms with Crippen LogP contribution in [0.1, 0.15) is 38.1 Å². The largest absolute Gasteiger partial charge is 0.478 e. The van der Waals surface area contributed by atoms with Crippen molar-refractivity contribution in [3.63, 3.8) is 0 Å². The topological polar surface area (TPSA) is 99.5 Å². The number of rotatable bonds is 7. The number of nitrogens with zero attached hydrogens (tertiary/aromatic N) is 1. The van der Waals surface area contributed by atoms with E-state index >= 15 is 0 Å². The Morgan fingerprint density at radius 1 is 0.889 bits per heavy atom. The second-order valence-corrected chi connectivity index (χ2v) is 5.88. The summed E-state index contributed by atoms with van der Waals surface area (Å²) in [4.78, 5) is 28.4. The minimum atomic E-state index is -1.16. The Labute approximate surface area is 156 Å². The molecular formula is C21H18N2O4. The monoisotopic (exact) mass is 362 g/mol.